The van der Waals surface area contributed by atoms with Gasteiger partial charge in [-0.1, -0.05) is 108 Å². The Labute approximate surface area is 259 Å². The molecule has 44 heavy (non-hydrogen) atoms. The van der Waals surface area contributed by atoms with Gasteiger partial charge < -0.3 is 9.67 Å². The smallest absolute Gasteiger partial charge is 0.263 e. The molecule has 1 aliphatic heterocycles. The zero-order chi connectivity index (χ0) is 31.0. The van der Waals surface area contributed by atoms with E-state index in [1.807, 2.05) is 60.7 Å². The lowest BCUT2D eigenvalue weighted by Gasteiger charge is -2.21. The van der Waals surface area contributed by atoms with Crippen LogP contribution in [0.4, 0.5) is 5.69 Å². The highest BCUT2D eigenvalue weighted by molar-refractivity contribution is 6.15. The van der Waals surface area contributed by atoms with Gasteiger partial charge in [0.05, 0.1) is 22.3 Å². The van der Waals surface area contributed by atoms with Crippen molar-refractivity contribution in [1.29, 1.82) is 0 Å². The summed E-state index contributed by atoms with van der Waals surface area (Å²) in [6.45, 7) is 13.4. The molecule has 0 spiro atoms. The van der Waals surface area contributed by atoms with Crippen molar-refractivity contribution < 1.29 is 9.90 Å². The molecule has 6 aromatic rings. The Morgan fingerprint density at radius 2 is 1.16 bits per heavy atom. The molecule has 220 valence electrons. The first-order chi connectivity index (χ1) is 20.9. The number of amides is 1. The van der Waals surface area contributed by atoms with Crippen LogP contribution in [0, 0.1) is 0 Å². The van der Waals surface area contributed by atoms with Gasteiger partial charge in [0, 0.05) is 22.0 Å². The molecule has 0 saturated carbocycles. The summed E-state index contributed by atoms with van der Waals surface area (Å²) in [5.74, 6) is -0.205. The molecule has 4 nitrogen and oxygen atoms in total. The van der Waals surface area contributed by atoms with E-state index in [-0.39, 0.29) is 16.7 Å². The number of fused-ring (bicyclic) bond motifs is 4. The molecule has 0 saturated heterocycles. The molecule has 0 aliphatic carbocycles. The quantitative estimate of drug-likeness (QED) is 0.227. The van der Waals surface area contributed by atoms with Crippen molar-refractivity contribution in [2.45, 2.75) is 58.6 Å². The number of aromatic nitrogens is 1. The van der Waals surface area contributed by atoms with Crippen LogP contribution in [0.3, 0.4) is 0 Å². The highest BCUT2D eigenvalue weighted by Gasteiger charge is 2.39. The van der Waals surface area contributed by atoms with E-state index in [1.54, 1.807) is 0 Å². The molecule has 4 heteroatoms. The van der Waals surface area contributed by atoms with Gasteiger partial charge in [-0.25, -0.2) is 0 Å². The number of nitrogens with zero attached hydrogens (tertiary/aromatic N) is 2. The first-order valence-electron chi connectivity index (χ1n) is 15.3. The molecular formula is C40H38N2O2. The Morgan fingerprint density at radius 3 is 1.70 bits per heavy atom. The minimum atomic E-state index is -1.08. The van der Waals surface area contributed by atoms with Crippen LogP contribution in [0.5, 0.6) is 0 Å². The standard InChI is InChI=1S/C40H38N2O2/c1-39(2,3)27-17-21-33-31(23-27)32-24-28(40(4,5)6)18-22-34(32)42(33)35-14-10-13-30-36(35)38(44)41(37(30)43)29-19-15-26(16-20-29)25-11-8-7-9-12-25/h7-24,37,43H,1-6H3. The largest absolute Gasteiger partial charge is 0.369 e. The SMILES string of the molecule is CC(C)(C)c1ccc2c(c1)c1cc(C(C)(C)C)ccc1n2-c1cccc2c1C(=O)N(c1ccc(-c3ccccc3)cc1)C2O. The van der Waals surface area contributed by atoms with Crippen molar-refractivity contribution >= 4 is 33.4 Å². The summed E-state index contributed by atoms with van der Waals surface area (Å²) in [7, 11) is 0. The predicted molar refractivity (Wildman–Crippen MR) is 182 cm³/mol. The Balaban J connectivity index is 1.40. The minimum Gasteiger partial charge on any atom is -0.369 e. The first kappa shape index (κ1) is 28.1. The average Bonchev–Trinajstić information content (AvgIpc) is 3.47. The molecule has 5 aromatic carbocycles. The van der Waals surface area contributed by atoms with Crippen LogP contribution in [0.2, 0.25) is 0 Å². The monoisotopic (exact) mass is 578 g/mol. The van der Waals surface area contributed by atoms with Crippen LogP contribution in [0.1, 0.15) is 74.8 Å². The van der Waals surface area contributed by atoms with Crippen molar-refractivity contribution in [3.63, 3.8) is 0 Å². The van der Waals surface area contributed by atoms with E-state index >= 15 is 0 Å². The summed E-state index contributed by atoms with van der Waals surface area (Å²) in [6, 6.07) is 37.2. The zero-order valence-corrected chi connectivity index (χ0v) is 26.2. The average molecular weight is 579 g/mol. The molecule has 1 atom stereocenters. The van der Waals surface area contributed by atoms with Crippen molar-refractivity contribution in [3.8, 4) is 16.8 Å². The van der Waals surface area contributed by atoms with E-state index in [9.17, 15) is 9.90 Å². The zero-order valence-electron chi connectivity index (χ0n) is 26.2. The Bertz CT molecular complexity index is 1980. The molecule has 2 heterocycles. The minimum absolute atomic E-state index is 0.00508. The van der Waals surface area contributed by atoms with Crippen LogP contribution < -0.4 is 4.90 Å². The molecule has 1 unspecified atom stereocenters. The first-order valence-corrected chi connectivity index (χ1v) is 15.3. The Hall–Kier alpha value is -4.67. The van der Waals surface area contributed by atoms with Crippen LogP contribution in [-0.4, -0.2) is 15.6 Å². The van der Waals surface area contributed by atoms with Crippen molar-refractivity contribution in [2.24, 2.45) is 0 Å². The topological polar surface area (TPSA) is 45.5 Å². The Kier molecular flexibility index (Phi) is 6.35. The molecule has 1 N–H and O–H groups in total. The predicted octanol–water partition coefficient (Wildman–Crippen LogP) is 9.70. The third kappa shape index (κ3) is 4.44. The van der Waals surface area contributed by atoms with E-state index in [0.29, 0.717) is 16.8 Å². The highest BCUT2D eigenvalue weighted by Crippen LogP contribution is 2.43. The van der Waals surface area contributed by atoms with Crippen molar-refractivity contribution in [1.82, 2.24) is 4.57 Å². The van der Waals surface area contributed by atoms with Crippen LogP contribution >= 0.6 is 0 Å². The van der Waals surface area contributed by atoms with Gasteiger partial charge in [-0.05, 0) is 75.5 Å². The summed E-state index contributed by atoms with van der Waals surface area (Å²) in [5.41, 5.74) is 9.36. The summed E-state index contributed by atoms with van der Waals surface area (Å²) >= 11 is 0. The van der Waals surface area contributed by atoms with Crippen LogP contribution in [0.25, 0.3) is 38.6 Å². The van der Waals surface area contributed by atoms with Gasteiger partial charge in [0.1, 0.15) is 0 Å². The van der Waals surface area contributed by atoms with Crippen molar-refractivity contribution in [2.75, 3.05) is 4.90 Å². The van der Waals surface area contributed by atoms with Gasteiger partial charge in [-0.3, -0.25) is 9.69 Å². The number of anilines is 1. The normalized spacial score (nSPS) is 15.4. The number of aliphatic hydroxyl groups is 1. The van der Waals surface area contributed by atoms with E-state index in [1.165, 1.54) is 16.0 Å². The summed E-state index contributed by atoms with van der Waals surface area (Å²) < 4.78 is 2.20. The fourth-order valence-corrected chi connectivity index (χ4v) is 6.48. The summed E-state index contributed by atoms with van der Waals surface area (Å²) in [5, 5.41) is 13.9. The van der Waals surface area contributed by atoms with Gasteiger partial charge in [0.15, 0.2) is 6.23 Å². The number of carbonyl (C=O) groups is 1. The number of carbonyl (C=O) groups excluding carboxylic acids is 1. The number of aliphatic hydroxyl groups excluding tert-OH is 1. The third-order valence-corrected chi connectivity index (χ3v) is 9.02. The second-order valence-corrected chi connectivity index (χ2v) is 14.0. The van der Waals surface area contributed by atoms with Gasteiger partial charge in [0.2, 0.25) is 0 Å². The van der Waals surface area contributed by atoms with E-state index in [4.69, 9.17) is 0 Å². The lowest BCUT2D eigenvalue weighted by molar-refractivity contribution is 0.0935. The fraction of sp³-hybridized carbons (Fsp3) is 0.225. The van der Waals surface area contributed by atoms with Gasteiger partial charge >= 0.3 is 0 Å². The van der Waals surface area contributed by atoms with Gasteiger partial charge in [-0.2, -0.15) is 0 Å². The molecule has 1 aliphatic rings. The van der Waals surface area contributed by atoms with Crippen molar-refractivity contribution in [3.05, 3.63) is 131 Å². The number of benzene rings is 5. The Morgan fingerprint density at radius 1 is 0.614 bits per heavy atom. The molecule has 7 rings (SSSR count). The number of rotatable bonds is 3. The summed E-state index contributed by atoms with van der Waals surface area (Å²) in [6.07, 6.45) is -1.08. The summed E-state index contributed by atoms with van der Waals surface area (Å²) in [4.78, 5) is 15.8. The second-order valence-electron chi connectivity index (χ2n) is 14.0. The van der Waals surface area contributed by atoms with Crippen LogP contribution in [0.15, 0.2) is 109 Å². The maximum atomic E-state index is 14.3. The lowest BCUT2D eigenvalue weighted by Crippen LogP contribution is -2.27. The van der Waals surface area contributed by atoms with Gasteiger partial charge in [-0.15, -0.1) is 0 Å². The van der Waals surface area contributed by atoms with E-state index in [2.05, 4.69) is 94.6 Å². The maximum absolute atomic E-state index is 14.3. The van der Waals surface area contributed by atoms with E-state index < -0.39 is 6.23 Å². The van der Waals surface area contributed by atoms with E-state index in [0.717, 1.165) is 38.6 Å². The highest BCUT2D eigenvalue weighted by atomic mass is 16.3. The maximum Gasteiger partial charge on any atom is 0.263 e. The molecular weight excluding hydrogens is 540 g/mol. The number of hydrogen-bond donors (Lipinski definition) is 1. The second kappa shape index (κ2) is 9.93. The lowest BCUT2D eigenvalue weighted by atomic mass is 9.85. The fourth-order valence-electron chi connectivity index (χ4n) is 6.48. The molecule has 0 bridgehead atoms. The number of hydrogen-bond acceptors (Lipinski definition) is 2. The van der Waals surface area contributed by atoms with Gasteiger partial charge in [0.25, 0.3) is 5.91 Å². The van der Waals surface area contributed by atoms with Crippen LogP contribution in [-0.2, 0) is 10.8 Å². The third-order valence-electron chi connectivity index (χ3n) is 9.02. The molecule has 0 fully saturated rings. The molecule has 1 amide bonds. The molecule has 1 aromatic heterocycles. The molecule has 0 radical (unpaired) electrons.